The predicted molar refractivity (Wildman–Crippen MR) is 59.8 cm³/mol. The number of ether oxygens (including phenoxy) is 1. The molecule has 1 atom stereocenters. The first kappa shape index (κ1) is 12.5. The first-order valence-corrected chi connectivity index (χ1v) is 5.88. The van der Waals surface area contributed by atoms with E-state index in [9.17, 15) is 4.79 Å². The monoisotopic (exact) mass is 214 g/mol. The molecule has 1 N–H and O–H groups in total. The van der Waals surface area contributed by atoms with Crippen molar-refractivity contribution in [3.63, 3.8) is 0 Å². The summed E-state index contributed by atoms with van der Waals surface area (Å²) in [7, 11) is 0. The van der Waals surface area contributed by atoms with Crippen molar-refractivity contribution in [2.24, 2.45) is 0 Å². The SMILES string of the molecule is CCN(CC)C(=O)CO[C@@H]1CCCNC1. The van der Waals surface area contributed by atoms with Crippen molar-refractivity contribution in [1.82, 2.24) is 10.2 Å². The molecule has 0 aromatic carbocycles. The van der Waals surface area contributed by atoms with Crippen LogP contribution in [0.5, 0.6) is 0 Å². The Bertz CT molecular complexity index is 187. The number of likely N-dealkylation sites (N-methyl/N-ethyl adjacent to an activating group) is 1. The lowest BCUT2D eigenvalue weighted by Crippen LogP contribution is -2.39. The van der Waals surface area contributed by atoms with E-state index >= 15 is 0 Å². The Hall–Kier alpha value is -0.610. The maximum atomic E-state index is 11.6. The summed E-state index contributed by atoms with van der Waals surface area (Å²) in [5.41, 5.74) is 0. The first-order valence-electron chi connectivity index (χ1n) is 5.88. The number of carbonyl (C=O) groups is 1. The van der Waals surface area contributed by atoms with Gasteiger partial charge in [0.2, 0.25) is 5.91 Å². The molecule has 0 unspecified atom stereocenters. The molecule has 4 nitrogen and oxygen atoms in total. The zero-order chi connectivity index (χ0) is 11.1. The Morgan fingerprint density at radius 2 is 2.20 bits per heavy atom. The van der Waals surface area contributed by atoms with Crippen molar-refractivity contribution in [2.75, 3.05) is 32.8 Å². The Balaban J connectivity index is 2.20. The Morgan fingerprint density at radius 1 is 1.47 bits per heavy atom. The number of amides is 1. The molecule has 15 heavy (non-hydrogen) atoms. The van der Waals surface area contributed by atoms with Crippen LogP contribution in [0.4, 0.5) is 0 Å². The molecule has 1 saturated heterocycles. The summed E-state index contributed by atoms with van der Waals surface area (Å²) in [6, 6.07) is 0. The quantitative estimate of drug-likeness (QED) is 0.729. The number of nitrogens with zero attached hydrogens (tertiary/aromatic N) is 1. The van der Waals surface area contributed by atoms with Crippen molar-refractivity contribution < 1.29 is 9.53 Å². The Labute approximate surface area is 92.0 Å². The molecule has 1 amide bonds. The van der Waals surface area contributed by atoms with Crippen LogP contribution in [-0.4, -0.2) is 49.7 Å². The fraction of sp³-hybridized carbons (Fsp3) is 0.909. The van der Waals surface area contributed by atoms with E-state index in [0.29, 0.717) is 0 Å². The lowest BCUT2D eigenvalue weighted by atomic mass is 10.1. The van der Waals surface area contributed by atoms with Gasteiger partial charge in [-0.3, -0.25) is 4.79 Å². The summed E-state index contributed by atoms with van der Waals surface area (Å²) in [5, 5.41) is 3.27. The molecule has 0 aromatic heterocycles. The smallest absolute Gasteiger partial charge is 0.248 e. The van der Waals surface area contributed by atoms with Gasteiger partial charge in [-0.05, 0) is 33.2 Å². The summed E-state index contributed by atoms with van der Waals surface area (Å²) in [6.07, 6.45) is 2.43. The van der Waals surface area contributed by atoms with Crippen LogP contribution in [0.25, 0.3) is 0 Å². The summed E-state index contributed by atoms with van der Waals surface area (Å²) in [6.45, 7) is 7.69. The Kier molecular flexibility index (Phi) is 5.65. The van der Waals surface area contributed by atoms with Gasteiger partial charge < -0.3 is 15.0 Å². The molecule has 4 heteroatoms. The van der Waals surface area contributed by atoms with E-state index in [2.05, 4.69) is 5.32 Å². The van der Waals surface area contributed by atoms with Gasteiger partial charge >= 0.3 is 0 Å². The van der Waals surface area contributed by atoms with Gasteiger partial charge in [-0.25, -0.2) is 0 Å². The number of carbonyl (C=O) groups excluding carboxylic acids is 1. The van der Waals surface area contributed by atoms with Gasteiger partial charge in [0.05, 0.1) is 6.10 Å². The molecule has 1 aliphatic heterocycles. The van der Waals surface area contributed by atoms with Crippen LogP contribution in [0, 0.1) is 0 Å². The second-order valence-corrected chi connectivity index (χ2v) is 3.85. The zero-order valence-corrected chi connectivity index (χ0v) is 9.79. The largest absolute Gasteiger partial charge is 0.367 e. The van der Waals surface area contributed by atoms with E-state index < -0.39 is 0 Å². The van der Waals surface area contributed by atoms with E-state index in [4.69, 9.17) is 4.74 Å². The lowest BCUT2D eigenvalue weighted by molar-refractivity contribution is -0.138. The van der Waals surface area contributed by atoms with Crippen LogP contribution in [-0.2, 0) is 9.53 Å². The molecule has 1 aliphatic rings. The van der Waals surface area contributed by atoms with Crippen molar-refractivity contribution in [3.8, 4) is 0 Å². The van der Waals surface area contributed by atoms with Gasteiger partial charge in [0.15, 0.2) is 0 Å². The average molecular weight is 214 g/mol. The summed E-state index contributed by atoms with van der Waals surface area (Å²) in [5.74, 6) is 0.102. The third kappa shape index (κ3) is 4.18. The van der Waals surface area contributed by atoms with Gasteiger partial charge in [0, 0.05) is 19.6 Å². The molecule has 1 rings (SSSR count). The van der Waals surface area contributed by atoms with Gasteiger partial charge in [0.1, 0.15) is 6.61 Å². The van der Waals surface area contributed by atoms with Crippen LogP contribution in [0.2, 0.25) is 0 Å². The summed E-state index contributed by atoms with van der Waals surface area (Å²) >= 11 is 0. The molecule has 0 bridgehead atoms. The molecule has 0 saturated carbocycles. The fourth-order valence-corrected chi connectivity index (χ4v) is 1.82. The van der Waals surface area contributed by atoms with Gasteiger partial charge in [-0.2, -0.15) is 0 Å². The van der Waals surface area contributed by atoms with Crippen molar-refractivity contribution in [1.29, 1.82) is 0 Å². The molecule has 1 fully saturated rings. The zero-order valence-electron chi connectivity index (χ0n) is 9.79. The van der Waals surface area contributed by atoms with Crippen LogP contribution in [0.3, 0.4) is 0 Å². The van der Waals surface area contributed by atoms with Crippen LogP contribution < -0.4 is 5.32 Å². The maximum absolute atomic E-state index is 11.6. The highest BCUT2D eigenvalue weighted by Gasteiger charge is 2.16. The van der Waals surface area contributed by atoms with Gasteiger partial charge in [-0.1, -0.05) is 0 Å². The number of rotatable bonds is 5. The topological polar surface area (TPSA) is 41.6 Å². The number of hydrogen-bond acceptors (Lipinski definition) is 3. The second-order valence-electron chi connectivity index (χ2n) is 3.85. The number of hydrogen-bond donors (Lipinski definition) is 1. The van der Waals surface area contributed by atoms with E-state index in [1.807, 2.05) is 13.8 Å². The maximum Gasteiger partial charge on any atom is 0.248 e. The second kappa shape index (κ2) is 6.80. The van der Waals surface area contributed by atoms with Crippen LogP contribution in [0.15, 0.2) is 0 Å². The van der Waals surface area contributed by atoms with E-state index in [0.717, 1.165) is 39.0 Å². The highest BCUT2D eigenvalue weighted by Crippen LogP contribution is 2.06. The molecular weight excluding hydrogens is 192 g/mol. The lowest BCUT2D eigenvalue weighted by Gasteiger charge is -2.24. The fourth-order valence-electron chi connectivity index (χ4n) is 1.82. The van der Waals surface area contributed by atoms with Crippen molar-refractivity contribution in [3.05, 3.63) is 0 Å². The highest BCUT2D eigenvalue weighted by molar-refractivity contribution is 5.77. The standard InChI is InChI=1S/C11H22N2O2/c1-3-13(4-2)11(14)9-15-10-6-5-7-12-8-10/h10,12H,3-9H2,1-2H3/t10-/m1/s1. The van der Waals surface area contributed by atoms with Crippen molar-refractivity contribution in [2.45, 2.75) is 32.8 Å². The molecule has 88 valence electrons. The summed E-state index contributed by atoms with van der Waals surface area (Å²) < 4.78 is 5.58. The highest BCUT2D eigenvalue weighted by atomic mass is 16.5. The average Bonchev–Trinajstić information content (AvgIpc) is 2.29. The first-order chi connectivity index (χ1) is 7.27. The van der Waals surface area contributed by atoms with Gasteiger partial charge in [0.25, 0.3) is 0 Å². The minimum atomic E-state index is 0.102. The van der Waals surface area contributed by atoms with Gasteiger partial charge in [-0.15, -0.1) is 0 Å². The van der Waals surface area contributed by atoms with E-state index in [1.54, 1.807) is 4.90 Å². The third-order valence-corrected chi connectivity index (χ3v) is 2.81. The third-order valence-electron chi connectivity index (χ3n) is 2.81. The molecule has 0 aromatic rings. The van der Waals surface area contributed by atoms with E-state index in [-0.39, 0.29) is 18.6 Å². The molecule has 0 aliphatic carbocycles. The predicted octanol–water partition coefficient (Wildman–Crippen LogP) is 0.623. The van der Waals surface area contributed by atoms with Crippen LogP contribution in [0.1, 0.15) is 26.7 Å². The minimum Gasteiger partial charge on any atom is -0.367 e. The van der Waals surface area contributed by atoms with Crippen molar-refractivity contribution >= 4 is 5.91 Å². The minimum absolute atomic E-state index is 0.102. The molecule has 0 radical (unpaired) electrons. The normalized spacial score (nSPS) is 21.3. The molecule has 0 spiro atoms. The van der Waals surface area contributed by atoms with E-state index in [1.165, 1.54) is 0 Å². The number of piperidine rings is 1. The molecule has 1 heterocycles. The summed E-state index contributed by atoms with van der Waals surface area (Å²) in [4.78, 5) is 13.4. The number of nitrogens with one attached hydrogen (secondary N) is 1. The Morgan fingerprint density at radius 3 is 2.73 bits per heavy atom. The molecular formula is C11H22N2O2. The van der Waals surface area contributed by atoms with Crippen LogP contribution >= 0.6 is 0 Å².